The van der Waals surface area contributed by atoms with Crippen molar-refractivity contribution in [1.82, 2.24) is 5.32 Å². The normalized spacial score (nSPS) is 22.1. The fourth-order valence-electron chi connectivity index (χ4n) is 2.27. The van der Waals surface area contributed by atoms with Gasteiger partial charge in [0.25, 0.3) is 0 Å². The van der Waals surface area contributed by atoms with Crippen molar-refractivity contribution in [3.8, 4) is 5.75 Å². The summed E-state index contributed by atoms with van der Waals surface area (Å²) in [5.74, 6) is 0.909. The molecule has 1 saturated carbocycles. The molecule has 4 nitrogen and oxygen atoms in total. The number of hydrogen-bond acceptors (Lipinski definition) is 4. The summed E-state index contributed by atoms with van der Waals surface area (Å²) in [6, 6.07) is 9.06. The van der Waals surface area contributed by atoms with E-state index in [0.29, 0.717) is 13.2 Å². The van der Waals surface area contributed by atoms with Gasteiger partial charge in [-0.3, -0.25) is 0 Å². The van der Waals surface area contributed by atoms with Crippen LogP contribution in [0.15, 0.2) is 24.3 Å². The van der Waals surface area contributed by atoms with E-state index in [0.717, 1.165) is 38.0 Å². The molecule has 2 fully saturated rings. The van der Waals surface area contributed by atoms with Crippen molar-refractivity contribution >= 4 is 0 Å². The first-order valence-corrected chi connectivity index (χ1v) is 7.54. The van der Waals surface area contributed by atoms with Crippen molar-refractivity contribution < 1.29 is 14.2 Å². The molecule has 1 aromatic rings. The molecule has 0 amide bonds. The lowest BCUT2D eigenvalue weighted by Gasteiger charge is -2.11. The van der Waals surface area contributed by atoms with Crippen molar-refractivity contribution in [1.29, 1.82) is 0 Å². The highest BCUT2D eigenvalue weighted by Gasteiger charge is 2.19. The van der Waals surface area contributed by atoms with E-state index in [1.807, 2.05) is 12.1 Å². The Labute approximate surface area is 120 Å². The largest absolute Gasteiger partial charge is 0.491 e. The van der Waals surface area contributed by atoms with Gasteiger partial charge in [-0.2, -0.15) is 0 Å². The third-order valence-electron chi connectivity index (χ3n) is 3.69. The zero-order valence-corrected chi connectivity index (χ0v) is 11.8. The quantitative estimate of drug-likeness (QED) is 0.739. The Balaban J connectivity index is 1.32. The Morgan fingerprint density at radius 3 is 2.65 bits per heavy atom. The van der Waals surface area contributed by atoms with Crippen LogP contribution < -0.4 is 10.1 Å². The second-order valence-corrected chi connectivity index (χ2v) is 5.50. The molecule has 0 aromatic heterocycles. The van der Waals surface area contributed by atoms with E-state index < -0.39 is 0 Å². The Morgan fingerprint density at radius 1 is 1.10 bits per heavy atom. The van der Waals surface area contributed by atoms with E-state index >= 15 is 0 Å². The van der Waals surface area contributed by atoms with Crippen LogP contribution in [0.1, 0.15) is 24.8 Å². The second-order valence-electron chi connectivity index (χ2n) is 5.50. The highest BCUT2D eigenvalue weighted by atomic mass is 16.6. The molecule has 1 aliphatic heterocycles. The molecular formula is C16H23NO3. The maximum atomic E-state index is 5.67. The van der Waals surface area contributed by atoms with Crippen LogP contribution in [-0.2, 0) is 16.0 Å². The van der Waals surface area contributed by atoms with E-state index in [1.165, 1.54) is 18.4 Å². The molecule has 0 spiro atoms. The van der Waals surface area contributed by atoms with Crippen molar-refractivity contribution in [2.24, 2.45) is 0 Å². The maximum Gasteiger partial charge on any atom is 0.119 e. The van der Waals surface area contributed by atoms with Gasteiger partial charge in [0.15, 0.2) is 0 Å². The van der Waals surface area contributed by atoms with Crippen LogP contribution in [0.2, 0.25) is 0 Å². The average molecular weight is 277 g/mol. The molecule has 1 N–H and O–H groups in total. The molecule has 110 valence electrons. The zero-order valence-electron chi connectivity index (χ0n) is 11.8. The molecule has 1 aromatic carbocycles. The fraction of sp³-hybridized carbons (Fsp3) is 0.625. The molecule has 1 atom stereocenters. The van der Waals surface area contributed by atoms with Gasteiger partial charge in [-0.25, -0.2) is 0 Å². The molecular weight excluding hydrogens is 254 g/mol. The number of nitrogens with one attached hydrogen (secondary N) is 1. The summed E-state index contributed by atoms with van der Waals surface area (Å²) in [4.78, 5) is 0. The first kappa shape index (κ1) is 13.9. The van der Waals surface area contributed by atoms with E-state index in [9.17, 15) is 0 Å². The minimum atomic E-state index is 0.259. The van der Waals surface area contributed by atoms with Crippen molar-refractivity contribution in [3.63, 3.8) is 0 Å². The second kappa shape index (κ2) is 7.07. The Kier molecular flexibility index (Phi) is 4.90. The minimum absolute atomic E-state index is 0.259. The van der Waals surface area contributed by atoms with Crippen LogP contribution in [-0.4, -0.2) is 38.6 Å². The predicted molar refractivity (Wildman–Crippen MR) is 77.0 cm³/mol. The van der Waals surface area contributed by atoms with Crippen LogP contribution in [0.4, 0.5) is 0 Å². The van der Waals surface area contributed by atoms with E-state index in [2.05, 4.69) is 17.4 Å². The minimum Gasteiger partial charge on any atom is -0.491 e. The first-order chi connectivity index (χ1) is 9.90. The Morgan fingerprint density at radius 2 is 1.95 bits per heavy atom. The summed E-state index contributed by atoms with van der Waals surface area (Å²) < 4.78 is 16.6. The zero-order chi connectivity index (χ0) is 13.6. The first-order valence-electron chi connectivity index (χ1n) is 7.54. The topological polar surface area (TPSA) is 39.7 Å². The van der Waals surface area contributed by atoms with Crippen molar-refractivity contribution in [2.75, 3.05) is 26.4 Å². The lowest BCUT2D eigenvalue weighted by atomic mass is 10.2. The van der Waals surface area contributed by atoms with Crippen LogP contribution in [0.25, 0.3) is 0 Å². The Bertz CT molecular complexity index is 397. The van der Waals surface area contributed by atoms with Gasteiger partial charge in [0.1, 0.15) is 12.4 Å². The van der Waals surface area contributed by atoms with Crippen molar-refractivity contribution in [3.05, 3.63) is 29.8 Å². The fourth-order valence-corrected chi connectivity index (χ4v) is 2.27. The lowest BCUT2D eigenvalue weighted by molar-refractivity contribution is 0.0265. The maximum absolute atomic E-state index is 5.67. The molecule has 2 aliphatic rings. The molecule has 3 rings (SSSR count). The van der Waals surface area contributed by atoms with Crippen LogP contribution >= 0.6 is 0 Å². The summed E-state index contributed by atoms with van der Waals surface area (Å²) in [5, 5.41) is 3.50. The molecule has 1 unspecified atom stereocenters. The highest BCUT2D eigenvalue weighted by molar-refractivity contribution is 5.27. The van der Waals surface area contributed by atoms with Crippen molar-refractivity contribution in [2.45, 2.75) is 38.0 Å². The SMILES string of the molecule is c1cc(OCCOC2CCOC2)ccc1CNC1CC1. The summed E-state index contributed by atoms with van der Waals surface area (Å²) in [7, 11) is 0. The third kappa shape index (κ3) is 4.47. The van der Waals surface area contributed by atoms with E-state index in [4.69, 9.17) is 14.2 Å². The van der Waals surface area contributed by atoms with Gasteiger partial charge in [0, 0.05) is 19.2 Å². The van der Waals surface area contributed by atoms with Gasteiger partial charge >= 0.3 is 0 Å². The molecule has 1 heterocycles. The van der Waals surface area contributed by atoms with Gasteiger partial charge in [0.05, 0.1) is 19.3 Å². The third-order valence-corrected chi connectivity index (χ3v) is 3.69. The van der Waals surface area contributed by atoms with Gasteiger partial charge < -0.3 is 19.5 Å². The van der Waals surface area contributed by atoms with Crippen LogP contribution in [0.3, 0.4) is 0 Å². The van der Waals surface area contributed by atoms with Crippen LogP contribution in [0, 0.1) is 0 Å². The predicted octanol–water partition coefficient (Wildman–Crippen LogP) is 2.12. The van der Waals surface area contributed by atoms with Crippen LogP contribution in [0.5, 0.6) is 5.75 Å². The molecule has 1 aliphatic carbocycles. The van der Waals surface area contributed by atoms with Gasteiger partial charge in [-0.1, -0.05) is 12.1 Å². The lowest BCUT2D eigenvalue weighted by Crippen LogP contribution is -2.17. The standard InChI is InChI=1S/C16H23NO3/c1-5-15(6-2-13(1)11-17-14-3-4-14)19-9-10-20-16-7-8-18-12-16/h1-2,5-6,14,16-17H,3-4,7-12H2. The van der Waals surface area contributed by atoms with Gasteiger partial charge in [-0.05, 0) is 37.0 Å². The van der Waals surface area contributed by atoms with Gasteiger partial charge in [0.2, 0.25) is 0 Å². The molecule has 0 radical (unpaired) electrons. The van der Waals surface area contributed by atoms with E-state index in [1.54, 1.807) is 0 Å². The summed E-state index contributed by atoms with van der Waals surface area (Å²) in [6.07, 6.45) is 3.91. The Hall–Kier alpha value is -1.10. The number of ether oxygens (including phenoxy) is 3. The summed E-state index contributed by atoms with van der Waals surface area (Å²) >= 11 is 0. The number of hydrogen-bond donors (Lipinski definition) is 1. The molecule has 0 bridgehead atoms. The highest BCUT2D eigenvalue weighted by Crippen LogP contribution is 2.20. The summed E-state index contributed by atoms with van der Waals surface area (Å²) in [6.45, 7) is 3.72. The number of rotatable bonds is 8. The average Bonchev–Trinajstić information content (AvgIpc) is 3.17. The van der Waals surface area contributed by atoms with Gasteiger partial charge in [-0.15, -0.1) is 0 Å². The number of benzene rings is 1. The van der Waals surface area contributed by atoms with E-state index in [-0.39, 0.29) is 6.10 Å². The molecule has 1 saturated heterocycles. The molecule has 4 heteroatoms. The monoisotopic (exact) mass is 277 g/mol. The smallest absolute Gasteiger partial charge is 0.119 e. The summed E-state index contributed by atoms with van der Waals surface area (Å²) in [5.41, 5.74) is 1.31. The molecule has 20 heavy (non-hydrogen) atoms.